The average molecular weight is 289 g/mol. The molecule has 1 aromatic carbocycles. The van der Waals surface area contributed by atoms with Crippen LogP contribution in [-0.4, -0.2) is 45.5 Å². The molecule has 2 aliphatic heterocycles. The van der Waals surface area contributed by atoms with Gasteiger partial charge in [-0.15, -0.1) is 0 Å². The Kier molecular flexibility index (Phi) is 2.77. The standard InChI is InChI=1S/C15H17N2O4/c18-16-8-13(17(19)12-4-2-1-3-11(12)16)10-5-6-14-15(7-10)21-9-20-14/h5-8,11-12,18H,1-4,9H2/q+1/t11-,12-/m0/s1. The summed E-state index contributed by atoms with van der Waals surface area (Å²) in [6.45, 7) is 0.204. The van der Waals surface area contributed by atoms with Crippen molar-refractivity contribution in [1.29, 1.82) is 0 Å². The Balaban J connectivity index is 1.76. The fourth-order valence-electron chi connectivity index (χ4n) is 3.39. The highest BCUT2D eigenvalue weighted by Crippen LogP contribution is 2.33. The van der Waals surface area contributed by atoms with E-state index < -0.39 is 0 Å². The van der Waals surface area contributed by atoms with Gasteiger partial charge in [0.05, 0.1) is 5.56 Å². The molecule has 110 valence electrons. The van der Waals surface area contributed by atoms with Gasteiger partial charge >= 0.3 is 0 Å². The molecule has 0 spiro atoms. The third kappa shape index (κ3) is 1.93. The van der Waals surface area contributed by atoms with Crippen molar-refractivity contribution in [2.45, 2.75) is 37.8 Å². The van der Waals surface area contributed by atoms with Crippen molar-refractivity contribution < 1.29 is 24.2 Å². The van der Waals surface area contributed by atoms with Crippen LogP contribution in [0.3, 0.4) is 0 Å². The summed E-state index contributed by atoms with van der Waals surface area (Å²) in [6, 6.07) is 5.11. The number of rotatable bonds is 1. The van der Waals surface area contributed by atoms with E-state index in [1.165, 1.54) is 11.0 Å². The van der Waals surface area contributed by atoms with E-state index in [0.717, 1.165) is 36.0 Å². The van der Waals surface area contributed by atoms with Gasteiger partial charge in [-0.3, -0.25) is 5.21 Å². The first-order chi connectivity index (χ1) is 10.2. The second kappa shape index (κ2) is 4.65. The molecule has 3 aliphatic rings. The molecule has 1 N–H and O–H groups in total. The molecule has 1 aliphatic carbocycles. The first-order valence-corrected chi connectivity index (χ1v) is 7.29. The predicted molar refractivity (Wildman–Crippen MR) is 74.5 cm³/mol. The highest BCUT2D eigenvalue weighted by Gasteiger charge is 2.45. The highest BCUT2D eigenvalue weighted by atomic mass is 16.7. The maximum atomic E-state index is 12.6. The van der Waals surface area contributed by atoms with E-state index in [2.05, 4.69) is 0 Å². The van der Waals surface area contributed by atoms with Crippen LogP contribution in [-0.2, 0) is 0 Å². The van der Waals surface area contributed by atoms with E-state index in [1.807, 2.05) is 6.07 Å². The van der Waals surface area contributed by atoms with Crippen LogP contribution < -0.4 is 9.47 Å². The molecule has 1 fully saturated rings. The Morgan fingerprint density at radius 3 is 2.71 bits per heavy atom. The SMILES string of the molecule is [O-][N+]1=C(c2ccc3c(c2)OCO3)C=[N+](O)[C@H]2CCCC[C@@H]21. The maximum absolute atomic E-state index is 12.6. The highest BCUT2D eigenvalue weighted by molar-refractivity contribution is 6.34. The van der Waals surface area contributed by atoms with Crippen molar-refractivity contribution in [3.8, 4) is 11.5 Å². The van der Waals surface area contributed by atoms with Crippen molar-refractivity contribution in [2.75, 3.05) is 6.79 Å². The molecule has 6 nitrogen and oxygen atoms in total. The number of ether oxygens (including phenoxy) is 2. The van der Waals surface area contributed by atoms with Crippen molar-refractivity contribution >= 4 is 11.9 Å². The summed E-state index contributed by atoms with van der Waals surface area (Å²) < 4.78 is 12.9. The van der Waals surface area contributed by atoms with E-state index in [-0.39, 0.29) is 18.9 Å². The van der Waals surface area contributed by atoms with Gasteiger partial charge < -0.3 is 14.7 Å². The second-order valence-electron chi connectivity index (χ2n) is 5.71. The molecule has 1 saturated carbocycles. The smallest absolute Gasteiger partial charge is 0.288 e. The largest absolute Gasteiger partial charge is 0.623 e. The monoisotopic (exact) mass is 289 g/mol. The maximum Gasteiger partial charge on any atom is 0.288 e. The molecular formula is C15H17N2O4+. The van der Waals surface area contributed by atoms with Gasteiger partial charge in [0.25, 0.3) is 18.0 Å². The van der Waals surface area contributed by atoms with Crippen LogP contribution in [0.25, 0.3) is 0 Å². The zero-order valence-corrected chi connectivity index (χ0v) is 11.6. The van der Waals surface area contributed by atoms with Gasteiger partial charge in [-0.1, -0.05) is 0 Å². The van der Waals surface area contributed by atoms with Gasteiger partial charge in [0.2, 0.25) is 12.8 Å². The summed E-state index contributed by atoms with van der Waals surface area (Å²) in [4.78, 5) is 0. The molecule has 2 heterocycles. The van der Waals surface area contributed by atoms with E-state index in [4.69, 9.17) is 9.47 Å². The van der Waals surface area contributed by atoms with Crippen LogP contribution in [0.15, 0.2) is 18.2 Å². The second-order valence-corrected chi connectivity index (χ2v) is 5.71. The van der Waals surface area contributed by atoms with Gasteiger partial charge in [0.15, 0.2) is 11.5 Å². The summed E-state index contributed by atoms with van der Waals surface area (Å²) in [6.07, 6.45) is 5.27. The lowest BCUT2D eigenvalue weighted by Crippen LogP contribution is -2.51. The number of benzene rings is 1. The van der Waals surface area contributed by atoms with Crippen LogP contribution in [0, 0.1) is 5.21 Å². The molecule has 2 atom stereocenters. The van der Waals surface area contributed by atoms with E-state index in [0.29, 0.717) is 17.2 Å². The lowest BCUT2D eigenvalue weighted by molar-refractivity contribution is -0.819. The summed E-state index contributed by atoms with van der Waals surface area (Å²) in [5.41, 5.74) is 1.20. The average Bonchev–Trinajstić information content (AvgIpc) is 2.98. The summed E-state index contributed by atoms with van der Waals surface area (Å²) in [5, 5.41) is 22.8. The van der Waals surface area contributed by atoms with Crippen LogP contribution in [0.5, 0.6) is 11.5 Å². The minimum absolute atomic E-state index is 0.103. The third-order valence-electron chi connectivity index (χ3n) is 4.50. The van der Waals surface area contributed by atoms with E-state index in [9.17, 15) is 10.4 Å². The molecule has 6 heteroatoms. The first-order valence-electron chi connectivity index (χ1n) is 7.29. The molecule has 4 rings (SSSR count). The minimum atomic E-state index is -0.186. The lowest BCUT2D eigenvalue weighted by Gasteiger charge is -2.28. The van der Waals surface area contributed by atoms with E-state index in [1.54, 1.807) is 12.1 Å². The van der Waals surface area contributed by atoms with Crippen LogP contribution >= 0.6 is 0 Å². The molecule has 0 radical (unpaired) electrons. The molecule has 0 aromatic heterocycles. The van der Waals surface area contributed by atoms with Gasteiger partial charge in [-0.25, -0.2) is 0 Å². The van der Waals surface area contributed by atoms with Gasteiger partial charge in [-0.05, 0) is 35.8 Å². The van der Waals surface area contributed by atoms with Crippen molar-refractivity contribution in [2.24, 2.45) is 0 Å². The van der Waals surface area contributed by atoms with Gasteiger partial charge in [0.1, 0.15) is 0 Å². The summed E-state index contributed by atoms with van der Waals surface area (Å²) in [7, 11) is 0. The Morgan fingerprint density at radius 1 is 1.10 bits per heavy atom. The Morgan fingerprint density at radius 2 is 1.86 bits per heavy atom. The quantitative estimate of drug-likeness (QED) is 0.483. The van der Waals surface area contributed by atoms with Crippen molar-refractivity contribution in [3.05, 3.63) is 29.0 Å². The topological polar surface area (TPSA) is 67.8 Å². The summed E-state index contributed by atoms with van der Waals surface area (Å²) in [5.74, 6) is 1.32. The van der Waals surface area contributed by atoms with Crippen molar-refractivity contribution in [1.82, 2.24) is 0 Å². The van der Waals surface area contributed by atoms with E-state index >= 15 is 0 Å². The molecule has 0 bridgehead atoms. The number of hydrogen-bond acceptors (Lipinski definition) is 4. The number of fused-ring (bicyclic) bond motifs is 2. The molecule has 0 amide bonds. The van der Waals surface area contributed by atoms with Crippen LogP contribution in [0.4, 0.5) is 0 Å². The zero-order valence-electron chi connectivity index (χ0n) is 11.6. The molecule has 1 aromatic rings. The number of hydrogen-bond donors (Lipinski definition) is 1. The molecule has 21 heavy (non-hydrogen) atoms. The van der Waals surface area contributed by atoms with Crippen LogP contribution in [0.2, 0.25) is 0 Å². The Bertz CT molecular complexity index is 653. The Labute approximate surface area is 122 Å². The Hall–Kier alpha value is -2.24. The predicted octanol–water partition coefficient (Wildman–Crippen LogP) is 1.51. The van der Waals surface area contributed by atoms with Gasteiger partial charge in [-0.2, -0.15) is 4.74 Å². The third-order valence-corrected chi connectivity index (χ3v) is 4.50. The lowest BCUT2D eigenvalue weighted by atomic mass is 9.89. The fraction of sp³-hybridized carbons (Fsp3) is 0.467. The minimum Gasteiger partial charge on any atom is -0.623 e. The zero-order chi connectivity index (χ0) is 14.4. The van der Waals surface area contributed by atoms with Crippen LogP contribution in [0.1, 0.15) is 31.2 Å². The van der Waals surface area contributed by atoms with Gasteiger partial charge in [0, 0.05) is 12.8 Å². The molecule has 0 saturated heterocycles. The van der Waals surface area contributed by atoms with Crippen molar-refractivity contribution in [3.63, 3.8) is 0 Å². The number of nitrogens with zero attached hydrogens (tertiary/aromatic N) is 2. The fourth-order valence-corrected chi connectivity index (χ4v) is 3.39. The first kappa shape index (κ1) is 12.5. The number of hydroxylamine groups is 2. The summed E-state index contributed by atoms with van der Waals surface area (Å²) >= 11 is 0. The molecular weight excluding hydrogens is 272 g/mol. The normalized spacial score (nSPS) is 27.3. The molecule has 0 unspecified atom stereocenters.